The van der Waals surface area contributed by atoms with Gasteiger partial charge in [-0.15, -0.1) is 10.5 Å². The molecule has 1 radical (unpaired) electrons. The van der Waals surface area contributed by atoms with E-state index in [0.29, 0.717) is 5.92 Å². The van der Waals surface area contributed by atoms with Gasteiger partial charge < -0.3 is 0 Å². The molecule has 1 heterocycles. The number of benzene rings is 1. The van der Waals surface area contributed by atoms with Crippen molar-refractivity contribution in [3.05, 3.63) is 23.3 Å². The van der Waals surface area contributed by atoms with Crippen molar-refractivity contribution in [1.82, 2.24) is 5.43 Å². The predicted molar refractivity (Wildman–Crippen MR) is 86.4 cm³/mol. The number of hydrogen-bond acceptors (Lipinski definition) is 2. The molecule has 1 aliphatic heterocycles. The van der Waals surface area contributed by atoms with Crippen molar-refractivity contribution in [1.29, 1.82) is 0 Å². The van der Waals surface area contributed by atoms with Gasteiger partial charge in [0.2, 0.25) is 0 Å². The molecule has 0 aromatic heterocycles. The largest absolute Gasteiger partial charge is 0.128 e. The summed E-state index contributed by atoms with van der Waals surface area (Å²) in [6.45, 7) is 2.22. The van der Waals surface area contributed by atoms with E-state index in [2.05, 4.69) is 34.8 Å². The van der Waals surface area contributed by atoms with Crippen LogP contribution in [0.3, 0.4) is 0 Å². The number of hydrogen-bond donors (Lipinski definition) is 0. The van der Waals surface area contributed by atoms with Crippen molar-refractivity contribution >= 4 is 11.4 Å². The molecule has 3 heteroatoms. The Hall–Kier alpha value is -1.38. The topological polar surface area (TPSA) is 38.8 Å². The molecule has 113 valence electrons. The van der Waals surface area contributed by atoms with Crippen molar-refractivity contribution < 1.29 is 0 Å². The summed E-state index contributed by atoms with van der Waals surface area (Å²) < 4.78 is 0. The highest BCUT2D eigenvalue weighted by Gasteiger charge is 2.23. The molecule has 0 spiro atoms. The second-order valence-electron chi connectivity index (χ2n) is 6.56. The summed E-state index contributed by atoms with van der Waals surface area (Å²) in [5.74, 6) is 0.644. The van der Waals surface area contributed by atoms with Crippen LogP contribution >= 0.6 is 0 Å². The molecule has 3 nitrogen and oxygen atoms in total. The van der Waals surface area contributed by atoms with Crippen molar-refractivity contribution in [2.24, 2.45) is 10.3 Å². The van der Waals surface area contributed by atoms with E-state index in [0.717, 1.165) is 11.4 Å². The lowest BCUT2D eigenvalue weighted by Gasteiger charge is -2.20. The van der Waals surface area contributed by atoms with Gasteiger partial charge in [0.15, 0.2) is 0 Å². The van der Waals surface area contributed by atoms with Gasteiger partial charge in [0, 0.05) is 0 Å². The highest BCUT2D eigenvalue weighted by molar-refractivity contribution is 5.69. The molecule has 0 saturated heterocycles. The summed E-state index contributed by atoms with van der Waals surface area (Å²) in [6.07, 6.45) is 13.7. The van der Waals surface area contributed by atoms with Crippen LogP contribution < -0.4 is 5.43 Å². The van der Waals surface area contributed by atoms with Gasteiger partial charge in [-0.2, -0.15) is 0 Å². The summed E-state index contributed by atoms with van der Waals surface area (Å²) >= 11 is 0. The number of nitrogens with zero attached hydrogens (tertiary/aromatic N) is 3. The van der Waals surface area contributed by atoms with E-state index in [4.69, 9.17) is 0 Å². The van der Waals surface area contributed by atoms with E-state index >= 15 is 0 Å². The SMILES string of the molecule is Cc1ccc2c(c1C1CCCCCCCCCC1)N=N[N]2. The van der Waals surface area contributed by atoms with Crippen LogP contribution in [0, 0.1) is 6.92 Å². The molecule has 0 N–H and O–H groups in total. The zero-order valence-electron chi connectivity index (χ0n) is 13.1. The highest BCUT2D eigenvalue weighted by atomic mass is 15.5. The highest BCUT2D eigenvalue weighted by Crippen LogP contribution is 2.43. The third-order valence-electron chi connectivity index (χ3n) is 4.97. The average Bonchev–Trinajstić information content (AvgIpc) is 2.93. The minimum Gasteiger partial charge on any atom is -0.128 e. The standard InChI is InChI=1S/C18H26N3/c1-14-12-13-16-18(20-21-19-16)17(14)15-10-8-6-4-2-3-5-7-9-11-15/h12-13,15H,2-11H2,1H3. The maximum Gasteiger partial charge on any atom is 0.119 e. The Morgan fingerprint density at radius 1 is 0.857 bits per heavy atom. The lowest BCUT2D eigenvalue weighted by atomic mass is 9.85. The van der Waals surface area contributed by atoms with E-state index in [9.17, 15) is 0 Å². The maximum absolute atomic E-state index is 4.31. The van der Waals surface area contributed by atoms with E-state index in [-0.39, 0.29) is 0 Å². The Balaban J connectivity index is 1.82. The fourth-order valence-corrected chi connectivity index (χ4v) is 3.79. The van der Waals surface area contributed by atoms with Gasteiger partial charge in [0.25, 0.3) is 0 Å². The van der Waals surface area contributed by atoms with Crippen LogP contribution in [0.5, 0.6) is 0 Å². The van der Waals surface area contributed by atoms with Gasteiger partial charge in [0.1, 0.15) is 11.4 Å². The van der Waals surface area contributed by atoms with Gasteiger partial charge in [0.05, 0.1) is 0 Å². The average molecular weight is 284 g/mol. The molecular weight excluding hydrogens is 258 g/mol. The fraction of sp³-hybridized carbons (Fsp3) is 0.667. The first kappa shape index (κ1) is 14.6. The van der Waals surface area contributed by atoms with Crippen LogP contribution in [0.1, 0.15) is 81.3 Å². The Morgan fingerprint density at radius 2 is 1.48 bits per heavy atom. The molecule has 0 amide bonds. The van der Waals surface area contributed by atoms with Crippen molar-refractivity contribution in [2.45, 2.75) is 77.0 Å². The van der Waals surface area contributed by atoms with Gasteiger partial charge in [-0.1, -0.05) is 57.4 Å². The van der Waals surface area contributed by atoms with Crippen molar-refractivity contribution in [3.8, 4) is 0 Å². The molecule has 0 unspecified atom stereocenters. The zero-order chi connectivity index (χ0) is 14.5. The van der Waals surface area contributed by atoms with E-state index in [1.54, 1.807) is 0 Å². The zero-order valence-corrected chi connectivity index (χ0v) is 13.1. The molecule has 0 atom stereocenters. The number of aryl methyl sites for hydroxylation is 1. The predicted octanol–water partition coefficient (Wildman–Crippen LogP) is 6.24. The van der Waals surface area contributed by atoms with E-state index in [1.807, 2.05) is 0 Å². The van der Waals surface area contributed by atoms with E-state index < -0.39 is 0 Å². The quantitative estimate of drug-likeness (QED) is 0.585. The summed E-state index contributed by atoms with van der Waals surface area (Å²) in [5.41, 5.74) is 8.95. The molecule has 1 aromatic rings. The Bertz CT molecular complexity index is 495. The normalized spacial score (nSPS) is 20.6. The molecule has 1 fully saturated rings. The van der Waals surface area contributed by atoms with Gasteiger partial charge in [-0.05, 0) is 48.1 Å². The molecule has 2 aliphatic rings. The molecular formula is C18H26N3. The molecule has 3 rings (SSSR count). The van der Waals surface area contributed by atoms with Crippen LogP contribution in [-0.2, 0) is 0 Å². The minimum absolute atomic E-state index is 0.644. The van der Waals surface area contributed by atoms with Crippen LogP contribution in [0.4, 0.5) is 11.4 Å². The summed E-state index contributed by atoms with van der Waals surface area (Å²) in [5, 5.41) is 8.20. The minimum atomic E-state index is 0.644. The monoisotopic (exact) mass is 284 g/mol. The first-order valence-corrected chi connectivity index (χ1v) is 8.61. The van der Waals surface area contributed by atoms with Crippen molar-refractivity contribution in [2.75, 3.05) is 0 Å². The maximum atomic E-state index is 4.31. The lowest BCUT2D eigenvalue weighted by molar-refractivity contribution is 0.513. The second kappa shape index (κ2) is 7.06. The smallest absolute Gasteiger partial charge is 0.119 e. The Morgan fingerprint density at radius 3 is 2.14 bits per heavy atom. The summed E-state index contributed by atoms with van der Waals surface area (Å²) in [4.78, 5) is 0. The summed E-state index contributed by atoms with van der Waals surface area (Å²) in [7, 11) is 0. The molecule has 0 bridgehead atoms. The van der Waals surface area contributed by atoms with Gasteiger partial charge >= 0.3 is 0 Å². The van der Waals surface area contributed by atoms with Crippen LogP contribution in [0.25, 0.3) is 0 Å². The lowest BCUT2D eigenvalue weighted by Crippen LogP contribution is -2.03. The van der Waals surface area contributed by atoms with Crippen LogP contribution in [0.2, 0.25) is 0 Å². The van der Waals surface area contributed by atoms with Crippen LogP contribution in [0.15, 0.2) is 22.5 Å². The molecule has 21 heavy (non-hydrogen) atoms. The molecule has 1 aromatic carbocycles. The van der Waals surface area contributed by atoms with Gasteiger partial charge in [-0.25, -0.2) is 0 Å². The Labute approximate surface area is 128 Å². The summed E-state index contributed by atoms with van der Waals surface area (Å²) in [6, 6.07) is 4.25. The van der Waals surface area contributed by atoms with E-state index in [1.165, 1.54) is 75.3 Å². The number of rotatable bonds is 1. The number of fused-ring (bicyclic) bond motifs is 1. The third kappa shape index (κ3) is 3.45. The van der Waals surface area contributed by atoms with Gasteiger partial charge in [-0.3, -0.25) is 0 Å². The second-order valence-corrected chi connectivity index (χ2v) is 6.56. The molecule has 1 aliphatic carbocycles. The Kier molecular flexibility index (Phi) is 4.89. The third-order valence-corrected chi connectivity index (χ3v) is 4.97. The first-order chi connectivity index (χ1) is 10.4. The first-order valence-electron chi connectivity index (χ1n) is 8.61. The fourth-order valence-electron chi connectivity index (χ4n) is 3.79. The van der Waals surface area contributed by atoms with Crippen LogP contribution in [-0.4, -0.2) is 0 Å². The molecule has 1 saturated carbocycles. The van der Waals surface area contributed by atoms with Crippen molar-refractivity contribution in [3.63, 3.8) is 0 Å².